The fraction of sp³-hybridized carbons (Fsp3) is 0.812. The Morgan fingerprint density at radius 2 is 2.04 bits per heavy atom. The number of nitrogens with zero attached hydrogens (tertiary/aromatic N) is 4. The number of aromatic nitrogens is 2. The highest BCUT2D eigenvalue weighted by molar-refractivity contribution is 7.86. The van der Waals surface area contributed by atoms with Gasteiger partial charge < -0.3 is 5.32 Å². The lowest BCUT2D eigenvalue weighted by Gasteiger charge is -2.35. The van der Waals surface area contributed by atoms with Gasteiger partial charge in [0.15, 0.2) is 6.04 Å². The van der Waals surface area contributed by atoms with Crippen LogP contribution in [0, 0.1) is 0 Å². The van der Waals surface area contributed by atoms with E-state index in [9.17, 15) is 21.6 Å². The summed E-state index contributed by atoms with van der Waals surface area (Å²) in [6, 6.07) is -0.967. The smallest absolute Gasteiger partial charge is 0.367 e. The molecule has 1 N–H and O–H groups in total. The van der Waals surface area contributed by atoms with Gasteiger partial charge in [-0.2, -0.15) is 35.3 Å². The number of anilines is 1. The first-order valence-electron chi connectivity index (χ1n) is 9.17. The van der Waals surface area contributed by atoms with Gasteiger partial charge in [-0.05, 0) is 25.7 Å². The zero-order valence-electron chi connectivity index (χ0n) is 15.7. The predicted octanol–water partition coefficient (Wildman–Crippen LogP) is 2.91. The van der Waals surface area contributed by atoms with Crippen LogP contribution in [0.4, 0.5) is 19.0 Å². The molecule has 2 aliphatic heterocycles. The number of hydrogen-bond donors (Lipinski definition) is 1. The molecule has 1 aromatic heterocycles. The zero-order valence-corrected chi connectivity index (χ0v) is 16.5. The topological polar surface area (TPSA) is 70.5 Å². The molecule has 3 atom stereocenters. The number of hydrogen-bond acceptors (Lipinski definition) is 4. The van der Waals surface area contributed by atoms with Crippen LogP contribution in [0.2, 0.25) is 0 Å². The van der Waals surface area contributed by atoms with Crippen LogP contribution in [0.5, 0.6) is 0 Å². The van der Waals surface area contributed by atoms with E-state index in [1.54, 1.807) is 6.07 Å². The predicted molar refractivity (Wildman–Crippen MR) is 95.5 cm³/mol. The Labute approximate surface area is 157 Å². The maximum atomic E-state index is 13.6. The maximum Gasteiger partial charge on any atom is 0.410 e. The van der Waals surface area contributed by atoms with Crippen molar-refractivity contribution >= 4 is 16.0 Å². The van der Waals surface area contributed by atoms with Crippen LogP contribution in [-0.4, -0.2) is 59.7 Å². The average Bonchev–Trinajstić information content (AvgIpc) is 3.03. The van der Waals surface area contributed by atoms with E-state index in [1.807, 2.05) is 6.92 Å². The first-order valence-corrected chi connectivity index (χ1v) is 10.6. The lowest BCUT2D eigenvalue weighted by Crippen LogP contribution is -2.44. The third-order valence-electron chi connectivity index (χ3n) is 5.33. The molecule has 1 fully saturated rings. The molecule has 0 aromatic carbocycles. The Morgan fingerprint density at radius 1 is 1.33 bits per heavy atom. The minimum atomic E-state index is -4.41. The molecule has 0 amide bonds. The van der Waals surface area contributed by atoms with Crippen LogP contribution < -0.4 is 5.32 Å². The SMILES string of the molecule is CC[C@@H]1C[C@H](C(F)(F)F)n2nc([C@H]3CCCCN3S(=O)(=O)N(C)C)cc2N1. The molecule has 11 heteroatoms. The first-order chi connectivity index (χ1) is 12.6. The monoisotopic (exact) mass is 409 g/mol. The van der Waals surface area contributed by atoms with Crippen molar-refractivity contribution in [2.24, 2.45) is 0 Å². The molecule has 3 rings (SSSR count). The Bertz CT molecular complexity index is 778. The van der Waals surface area contributed by atoms with Gasteiger partial charge in [0.25, 0.3) is 10.2 Å². The van der Waals surface area contributed by atoms with E-state index < -0.39 is 28.5 Å². The number of halogens is 3. The highest BCUT2D eigenvalue weighted by Gasteiger charge is 2.47. The second-order valence-corrected chi connectivity index (χ2v) is 9.45. The van der Waals surface area contributed by atoms with Crippen molar-refractivity contribution in [1.82, 2.24) is 18.4 Å². The van der Waals surface area contributed by atoms with Crippen molar-refractivity contribution in [3.05, 3.63) is 11.8 Å². The summed E-state index contributed by atoms with van der Waals surface area (Å²) in [6.07, 6.45) is -1.86. The fourth-order valence-electron chi connectivity index (χ4n) is 3.79. The van der Waals surface area contributed by atoms with Crippen LogP contribution >= 0.6 is 0 Å². The lowest BCUT2D eigenvalue weighted by atomic mass is 10.0. The number of rotatable bonds is 4. The van der Waals surface area contributed by atoms with Crippen molar-refractivity contribution in [3.8, 4) is 0 Å². The normalized spacial score (nSPS) is 27.4. The highest BCUT2D eigenvalue weighted by atomic mass is 32.2. The van der Waals surface area contributed by atoms with Crippen molar-refractivity contribution in [2.45, 2.75) is 63.3 Å². The molecule has 0 aliphatic carbocycles. The number of fused-ring (bicyclic) bond motifs is 1. The molecule has 7 nitrogen and oxygen atoms in total. The molecular formula is C16H26F3N5O2S. The highest BCUT2D eigenvalue weighted by Crippen LogP contribution is 2.42. The number of nitrogens with one attached hydrogen (secondary N) is 1. The summed E-state index contributed by atoms with van der Waals surface area (Å²) in [5, 5.41) is 7.33. The molecule has 1 aromatic rings. The third-order valence-corrected chi connectivity index (χ3v) is 7.29. The van der Waals surface area contributed by atoms with E-state index in [0.29, 0.717) is 30.9 Å². The Balaban J connectivity index is 2.00. The summed E-state index contributed by atoms with van der Waals surface area (Å²) in [7, 11) is -0.780. The van der Waals surface area contributed by atoms with E-state index >= 15 is 0 Å². The van der Waals surface area contributed by atoms with E-state index in [2.05, 4.69) is 10.4 Å². The molecule has 27 heavy (non-hydrogen) atoms. The molecule has 1 saturated heterocycles. The molecule has 2 aliphatic rings. The third kappa shape index (κ3) is 3.81. The molecule has 0 radical (unpaired) electrons. The standard InChI is InChI=1S/C16H26F3N5O2S/c1-4-11-9-14(16(17,18)19)24-15(20-11)10-12(21-24)13-7-5-6-8-23(13)27(25,26)22(2)3/h10-11,13-14,20H,4-9H2,1-3H3/t11-,13-,14-/m1/s1. The van der Waals surface area contributed by atoms with Crippen LogP contribution in [0.3, 0.4) is 0 Å². The molecule has 154 valence electrons. The van der Waals surface area contributed by atoms with Crippen LogP contribution in [0.25, 0.3) is 0 Å². The summed E-state index contributed by atoms with van der Waals surface area (Å²) in [4.78, 5) is 0. The Morgan fingerprint density at radius 3 is 2.63 bits per heavy atom. The summed E-state index contributed by atoms with van der Waals surface area (Å²) in [5.41, 5.74) is 0.369. The van der Waals surface area contributed by atoms with Crippen LogP contribution in [-0.2, 0) is 10.2 Å². The summed E-state index contributed by atoms with van der Waals surface area (Å²) < 4.78 is 69.4. The minimum Gasteiger partial charge on any atom is -0.367 e. The maximum absolute atomic E-state index is 13.6. The molecule has 0 unspecified atom stereocenters. The second-order valence-electron chi connectivity index (χ2n) is 7.35. The fourth-order valence-corrected chi connectivity index (χ4v) is 5.10. The van der Waals surface area contributed by atoms with Gasteiger partial charge in [0.1, 0.15) is 5.82 Å². The largest absolute Gasteiger partial charge is 0.410 e. The summed E-state index contributed by atoms with van der Waals surface area (Å²) >= 11 is 0. The van der Waals surface area contributed by atoms with Gasteiger partial charge in [0, 0.05) is 32.7 Å². The van der Waals surface area contributed by atoms with Crippen molar-refractivity contribution in [3.63, 3.8) is 0 Å². The summed E-state index contributed by atoms with van der Waals surface area (Å²) in [6.45, 7) is 2.17. The Hall–Kier alpha value is -1.33. The van der Waals surface area contributed by atoms with Crippen molar-refractivity contribution in [2.75, 3.05) is 26.0 Å². The van der Waals surface area contributed by atoms with Gasteiger partial charge in [-0.1, -0.05) is 13.3 Å². The number of alkyl halides is 3. The van der Waals surface area contributed by atoms with E-state index in [1.165, 1.54) is 18.4 Å². The van der Waals surface area contributed by atoms with Gasteiger partial charge in [-0.15, -0.1) is 0 Å². The molecule has 3 heterocycles. The number of piperidine rings is 1. The van der Waals surface area contributed by atoms with E-state index in [0.717, 1.165) is 21.8 Å². The quantitative estimate of drug-likeness (QED) is 0.830. The summed E-state index contributed by atoms with van der Waals surface area (Å²) in [5.74, 6) is 0.304. The van der Waals surface area contributed by atoms with Gasteiger partial charge in [-0.25, -0.2) is 4.68 Å². The van der Waals surface area contributed by atoms with Crippen LogP contribution in [0.1, 0.15) is 56.8 Å². The van der Waals surface area contributed by atoms with Crippen molar-refractivity contribution in [1.29, 1.82) is 0 Å². The molecule has 0 spiro atoms. The first kappa shape index (κ1) is 20.4. The molecule has 0 saturated carbocycles. The van der Waals surface area contributed by atoms with E-state index in [4.69, 9.17) is 0 Å². The van der Waals surface area contributed by atoms with Gasteiger partial charge in [0.2, 0.25) is 0 Å². The average molecular weight is 409 g/mol. The van der Waals surface area contributed by atoms with Gasteiger partial charge >= 0.3 is 6.18 Å². The van der Waals surface area contributed by atoms with Gasteiger partial charge in [0.05, 0.1) is 11.7 Å². The second kappa shape index (κ2) is 7.25. The van der Waals surface area contributed by atoms with Crippen LogP contribution in [0.15, 0.2) is 6.07 Å². The van der Waals surface area contributed by atoms with E-state index in [-0.39, 0.29) is 12.5 Å². The molecule has 0 bridgehead atoms. The van der Waals surface area contributed by atoms with Crippen molar-refractivity contribution < 1.29 is 21.6 Å². The van der Waals surface area contributed by atoms with Gasteiger partial charge in [-0.3, -0.25) is 0 Å². The Kier molecular flexibility index (Phi) is 5.48. The zero-order chi connectivity index (χ0) is 20.0. The molecular weight excluding hydrogens is 383 g/mol. The lowest BCUT2D eigenvalue weighted by molar-refractivity contribution is -0.173. The minimum absolute atomic E-state index is 0.0848.